The summed E-state index contributed by atoms with van der Waals surface area (Å²) in [5.74, 6) is -0.389. The van der Waals surface area contributed by atoms with Gasteiger partial charge in [0.15, 0.2) is 5.58 Å². The molecule has 1 aromatic carbocycles. The lowest BCUT2D eigenvalue weighted by atomic mass is 9.91. The van der Waals surface area contributed by atoms with Crippen molar-refractivity contribution < 1.29 is 14.0 Å². The Hall–Kier alpha value is -2.57. The molecular weight excluding hydrogens is 346 g/mol. The molecule has 1 aliphatic heterocycles. The van der Waals surface area contributed by atoms with Crippen molar-refractivity contribution in [2.75, 3.05) is 26.2 Å². The molecule has 0 spiro atoms. The molecule has 146 valence electrons. The summed E-state index contributed by atoms with van der Waals surface area (Å²) in [6.07, 6.45) is 1.26. The van der Waals surface area contributed by atoms with Crippen LogP contribution in [0, 0.1) is 5.41 Å². The highest BCUT2D eigenvalue weighted by Crippen LogP contribution is 2.21. The van der Waals surface area contributed by atoms with Crippen LogP contribution in [0.3, 0.4) is 0 Å². The number of hydrogen-bond acceptors (Lipinski definition) is 4. The molecule has 0 aliphatic carbocycles. The van der Waals surface area contributed by atoms with E-state index in [9.17, 15) is 14.4 Å². The zero-order valence-corrected chi connectivity index (χ0v) is 16.4. The molecule has 2 heterocycles. The normalized spacial score (nSPS) is 15.9. The van der Waals surface area contributed by atoms with E-state index >= 15 is 0 Å². The first-order valence-electron chi connectivity index (χ1n) is 9.32. The van der Waals surface area contributed by atoms with E-state index in [1.54, 1.807) is 30.1 Å². The second-order valence-electron chi connectivity index (χ2n) is 8.37. The van der Waals surface area contributed by atoms with Crippen LogP contribution in [-0.2, 0) is 11.8 Å². The van der Waals surface area contributed by atoms with E-state index in [2.05, 4.69) is 20.8 Å². The van der Waals surface area contributed by atoms with Crippen LogP contribution in [0.25, 0.3) is 11.1 Å². The van der Waals surface area contributed by atoms with Gasteiger partial charge in [-0.1, -0.05) is 20.8 Å². The maximum absolute atomic E-state index is 12.9. The Labute approximate surface area is 158 Å². The summed E-state index contributed by atoms with van der Waals surface area (Å²) in [5.41, 5.74) is 1.54. The first-order valence-corrected chi connectivity index (χ1v) is 9.32. The standard InChI is InChI=1S/C20H27N3O4/c1-20(2,3)13-17(24)22-8-5-9-23(11-10-22)18(25)14-6-7-16-15(12-14)21(4)19(26)27-16/h6-7,12H,5,8-11,13H2,1-4H3. The van der Waals surface area contributed by atoms with Crippen LogP contribution in [0.2, 0.25) is 0 Å². The largest absolute Gasteiger partial charge is 0.419 e. The minimum Gasteiger partial charge on any atom is -0.408 e. The summed E-state index contributed by atoms with van der Waals surface area (Å²) >= 11 is 0. The average Bonchev–Trinajstić information content (AvgIpc) is 2.78. The lowest BCUT2D eigenvalue weighted by Gasteiger charge is -2.25. The first kappa shape index (κ1) is 19.2. The number of carbonyl (C=O) groups excluding carboxylic acids is 2. The Balaban J connectivity index is 1.72. The number of carbonyl (C=O) groups is 2. The molecule has 2 amide bonds. The summed E-state index contributed by atoms with van der Waals surface area (Å²) in [6, 6.07) is 5.03. The topological polar surface area (TPSA) is 75.8 Å². The monoisotopic (exact) mass is 373 g/mol. The van der Waals surface area contributed by atoms with E-state index in [-0.39, 0.29) is 17.2 Å². The fourth-order valence-corrected chi connectivity index (χ4v) is 3.38. The van der Waals surface area contributed by atoms with Gasteiger partial charge in [-0.3, -0.25) is 14.2 Å². The highest BCUT2D eigenvalue weighted by atomic mass is 16.4. The molecule has 7 nitrogen and oxygen atoms in total. The Kier molecular flexibility index (Phi) is 5.13. The zero-order chi connectivity index (χ0) is 19.8. The van der Waals surface area contributed by atoms with Crippen molar-refractivity contribution in [3.8, 4) is 0 Å². The third-order valence-corrected chi connectivity index (χ3v) is 4.86. The van der Waals surface area contributed by atoms with Crippen LogP contribution in [-0.4, -0.2) is 52.4 Å². The van der Waals surface area contributed by atoms with E-state index in [1.165, 1.54) is 4.57 Å². The van der Waals surface area contributed by atoms with E-state index in [0.717, 1.165) is 6.42 Å². The molecule has 0 N–H and O–H groups in total. The number of aromatic nitrogens is 1. The van der Waals surface area contributed by atoms with Crippen molar-refractivity contribution in [1.82, 2.24) is 14.4 Å². The van der Waals surface area contributed by atoms with Gasteiger partial charge in [0, 0.05) is 45.2 Å². The molecule has 0 bridgehead atoms. The summed E-state index contributed by atoms with van der Waals surface area (Å²) < 4.78 is 6.51. The second kappa shape index (κ2) is 7.21. The number of hydrogen-bond donors (Lipinski definition) is 0. The summed E-state index contributed by atoms with van der Waals surface area (Å²) in [5, 5.41) is 0. The minimum atomic E-state index is -0.447. The van der Waals surface area contributed by atoms with Crippen molar-refractivity contribution in [3.05, 3.63) is 34.3 Å². The fraction of sp³-hybridized carbons (Fsp3) is 0.550. The lowest BCUT2D eigenvalue weighted by molar-refractivity contribution is -0.132. The quantitative estimate of drug-likeness (QED) is 0.809. The Morgan fingerprint density at radius 2 is 1.74 bits per heavy atom. The van der Waals surface area contributed by atoms with Gasteiger partial charge in [0.25, 0.3) is 5.91 Å². The smallest absolute Gasteiger partial charge is 0.408 e. The van der Waals surface area contributed by atoms with Crippen molar-refractivity contribution in [2.45, 2.75) is 33.6 Å². The van der Waals surface area contributed by atoms with Crippen LogP contribution in [0.15, 0.2) is 27.4 Å². The molecule has 2 aromatic rings. The molecule has 1 aliphatic rings. The van der Waals surface area contributed by atoms with Crippen molar-refractivity contribution in [2.24, 2.45) is 12.5 Å². The number of benzene rings is 1. The van der Waals surface area contributed by atoms with Gasteiger partial charge in [-0.15, -0.1) is 0 Å². The molecule has 0 atom stereocenters. The molecule has 0 saturated carbocycles. The predicted molar refractivity (Wildman–Crippen MR) is 103 cm³/mol. The van der Waals surface area contributed by atoms with Crippen molar-refractivity contribution >= 4 is 22.9 Å². The number of oxazole rings is 1. The molecule has 0 unspecified atom stereocenters. The number of aryl methyl sites for hydroxylation is 1. The average molecular weight is 373 g/mol. The third-order valence-electron chi connectivity index (χ3n) is 4.86. The van der Waals surface area contributed by atoms with Crippen LogP contribution in [0.4, 0.5) is 0 Å². The van der Waals surface area contributed by atoms with Crippen LogP contribution in [0.5, 0.6) is 0 Å². The van der Waals surface area contributed by atoms with E-state index in [0.29, 0.717) is 49.3 Å². The third kappa shape index (κ3) is 4.23. The highest BCUT2D eigenvalue weighted by molar-refractivity contribution is 5.97. The molecule has 3 rings (SSSR count). The molecule has 1 saturated heterocycles. The zero-order valence-electron chi connectivity index (χ0n) is 16.4. The van der Waals surface area contributed by atoms with E-state index in [1.807, 2.05) is 4.90 Å². The van der Waals surface area contributed by atoms with E-state index < -0.39 is 5.76 Å². The van der Waals surface area contributed by atoms with Gasteiger partial charge in [0.1, 0.15) is 0 Å². The maximum atomic E-state index is 12.9. The Morgan fingerprint density at radius 3 is 2.44 bits per heavy atom. The van der Waals surface area contributed by atoms with E-state index in [4.69, 9.17) is 4.42 Å². The number of fused-ring (bicyclic) bond motifs is 1. The predicted octanol–water partition coefficient (Wildman–Crippen LogP) is 2.24. The first-order chi connectivity index (χ1) is 12.7. The van der Waals surface area contributed by atoms with Gasteiger partial charge in [0.05, 0.1) is 5.52 Å². The minimum absolute atomic E-state index is 0.0468. The summed E-state index contributed by atoms with van der Waals surface area (Å²) in [4.78, 5) is 40.7. The van der Waals surface area contributed by atoms with Gasteiger partial charge >= 0.3 is 5.76 Å². The van der Waals surface area contributed by atoms with Gasteiger partial charge < -0.3 is 14.2 Å². The van der Waals surface area contributed by atoms with Gasteiger partial charge in [0.2, 0.25) is 5.91 Å². The molecule has 0 radical (unpaired) electrons. The molecule has 1 fully saturated rings. The molecule has 7 heteroatoms. The SMILES string of the molecule is Cn1c(=O)oc2ccc(C(=O)N3CCCN(C(=O)CC(C)(C)C)CC3)cc21. The van der Waals surface area contributed by atoms with Crippen molar-refractivity contribution in [3.63, 3.8) is 0 Å². The number of amides is 2. The highest BCUT2D eigenvalue weighted by Gasteiger charge is 2.25. The van der Waals surface area contributed by atoms with Crippen molar-refractivity contribution in [1.29, 1.82) is 0 Å². The molecule has 27 heavy (non-hydrogen) atoms. The second-order valence-corrected chi connectivity index (χ2v) is 8.37. The maximum Gasteiger partial charge on any atom is 0.419 e. The van der Waals surface area contributed by atoms with Gasteiger partial charge in [-0.05, 0) is 30.0 Å². The summed E-state index contributed by atoms with van der Waals surface area (Å²) in [7, 11) is 1.62. The Morgan fingerprint density at radius 1 is 1.07 bits per heavy atom. The Bertz CT molecular complexity index is 919. The molecule has 1 aromatic heterocycles. The van der Waals surface area contributed by atoms with Crippen LogP contribution < -0.4 is 5.76 Å². The van der Waals surface area contributed by atoms with Gasteiger partial charge in [-0.25, -0.2) is 4.79 Å². The van der Waals surface area contributed by atoms with Crippen LogP contribution in [0.1, 0.15) is 44.0 Å². The lowest BCUT2D eigenvalue weighted by Crippen LogP contribution is -2.38. The number of rotatable bonds is 2. The fourth-order valence-electron chi connectivity index (χ4n) is 3.38. The number of nitrogens with zero attached hydrogens (tertiary/aromatic N) is 3. The summed E-state index contributed by atoms with van der Waals surface area (Å²) in [6.45, 7) is 8.51. The molecular formula is C20H27N3O4. The van der Waals surface area contributed by atoms with Crippen LogP contribution >= 0.6 is 0 Å². The van der Waals surface area contributed by atoms with Gasteiger partial charge in [-0.2, -0.15) is 0 Å².